The Kier molecular flexibility index (Phi) is 6.90. The van der Waals surface area contributed by atoms with Gasteiger partial charge in [-0.25, -0.2) is 0 Å². The molecule has 1 heterocycles. The fourth-order valence-electron chi connectivity index (χ4n) is 6.35. The van der Waals surface area contributed by atoms with Crippen LogP contribution in [0.15, 0.2) is 18.2 Å². The minimum atomic E-state index is -0.435. The summed E-state index contributed by atoms with van der Waals surface area (Å²) in [5.41, 5.74) is 0.254. The number of amides is 2. The predicted octanol–water partition coefficient (Wildman–Crippen LogP) is 5.06. The number of ether oxygens (including phenoxy) is 1. The molecular formula is C24H23Br2Cl2NO5. The van der Waals surface area contributed by atoms with Crippen LogP contribution in [0.25, 0.3) is 0 Å². The maximum atomic E-state index is 13.2. The summed E-state index contributed by atoms with van der Waals surface area (Å²) in [5, 5.41) is 0.630. The SMILES string of the molecule is O=C(COC(=O)C1CCC(N2C(=O)[C@@H]3[C@H]4C[C@@H]([C@H](Br)[C@H]4Br)[C@@H]3C2=O)CC1)c1ccc(Cl)cc1Cl. The normalized spacial score (nSPS) is 36.6. The van der Waals surface area contributed by atoms with Crippen LogP contribution < -0.4 is 0 Å². The van der Waals surface area contributed by atoms with Crippen LogP contribution in [-0.2, 0) is 19.1 Å². The van der Waals surface area contributed by atoms with Crippen molar-refractivity contribution in [3.8, 4) is 0 Å². The van der Waals surface area contributed by atoms with Gasteiger partial charge in [0.2, 0.25) is 17.6 Å². The highest BCUT2D eigenvalue weighted by atomic mass is 79.9. The quantitative estimate of drug-likeness (QED) is 0.196. The summed E-state index contributed by atoms with van der Waals surface area (Å²) in [6, 6.07) is 4.36. The molecule has 34 heavy (non-hydrogen) atoms. The summed E-state index contributed by atoms with van der Waals surface area (Å²) >= 11 is 19.3. The number of likely N-dealkylation sites (tertiary alicyclic amines) is 1. The summed E-state index contributed by atoms with van der Waals surface area (Å²) in [6.07, 6.45) is 3.07. The van der Waals surface area contributed by atoms with Gasteiger partial charge in [-0.1, -0.05) is 55.1 Å². The molecule has 0 aromatic heterocycles. The number of esters is 1. The molecular weight excluding hydrogens is 613 g/mol. The van der Waals surface area contributed by atoms with Crippen LogP contribution in [-0.4, -0.2) is 50.8 Å². The van der Waals surface area contributed by atoms with E-state index in [-0.39, 0.29) is 67.7 Å². The molecule has 4 aliphatic rings. The van der Waals surface area contributed by atoms with Crippen LogP contribution in [0.3, 0.4) is 0 Å². The lowest BCUT2D eigenvalue weighted by Crippen LogP contribution is -2.44. The number of imide groups is 1. The van der Waals surface area contributed by atoms with Crippen molar-refractivity contribution in [2.24, 2.45) is 29.6 Å². The molecule has 0 unspecified atom stereocenters. The number of halogens is 4. The van der Waals surface area contributed by atoms with Crippen LogP contribution >= 0.6 is 55.1 Å². The van der Waals surface area contributed by atoms with Gasteiger partial charge in [0, 0.05) is 26.3 Å². The molecule has 6 nitrogen and oxygen atoms in total. The van der Waals surface area contributed by atoms with Crippen molar-refractivity contribution in [2.75, 3.05) is 6.61 Å². The van der Waals surface area contributed by atoms with Crippen molar-refractivity contribution in [3.05, 3.63) is 33.8 Å². The van der Waals surface area contributed by atoms with E-state index >= 15 is 0 Å². The first kappa shape index (κ1) is 24.7. The van der Waals surface area contributed by atoms with Gasteiger partial charge in [-0.3, -0.25) is 24.1 Å². The molecule has 0 spiro atoms. The molecule has 2 amide bonds. The van der Waals surface area contributed by atoms with E-state index in [2.05, 4.69) is 31.9 Å². The fourth-order valence-corrected chi connectivity index (χ4v) is 8.74. The average molecular weight is 636 g/mol. The van der Waals surface area contributed by atoms with Crippen LogP contribution in [0.2, 0.25) is 10.0 Å². The number of nitrogens with zero attached hydrogens (tertiary/aromatic N) is 1. The van der Waals surface area contributed by atoms with Crippen LogP contribution in [0.1, 0.15) is 42.5 Å². The monoisotopic (exact) mass is 633 g/mol. The Morgan fingerprint density at radius 2 is 1.56 bits per heavy atom. The molecule has 0 N–H and O–H groups in total. The number of ketones is 1. The number of benzene rings is 1. The summed E-state index contributed by atoms with van der Waals surface area (Å²) in [6.45, 7) is -0.392. The van der Waals surface area contributed by atoms with Gasteiger partial charge in [-0.2, -0.15) is 0 Å². The molecule has 5 rings (SSSR count). The number of Topliss-reactive ketones (excluding diaryl/α,β-unsaturated/α-hetero) is 1. The molecule has 1 aromatic carbocycles. The Balaban J connectivity index is 1.15. The van der Waals surface area contributed by atoms with E-state index in [1.165, 1.54) is 17.0 Å². The number of fused-ring (bicyclic) bond motifs is 5. The van der Waals surface area contributed by atoms with E-state index in [4.69, 9.17) is 27.9 Å². The van der Waals surface area contributed by atoms with Crippen molar-refractivity contribution < 1.29 is 23.9 Å². The van der Waals surface area contributed by atoms with Gasteiger partial charge in [0.05, 0.1) is 22.8 Å². The summed E-state index contributed by atoms with van der Waals surface area (Å²) in [5.74, 6) is -1.31. The van der Waals surface area contributed by atoms with Crippen LogP contribution in [0.4, 0.5) is 0 Å². The topological polar surface area (TPSA) is 80.8 Å². The highest BCUT2D eigenvalue weighted by Gasteiger charge is 2.67. The van der Waals surface area contributed by atoms with E-state index in [9.17, 15) is 19.2 Å². The Labute approximate surface area is 224 Å². The second-order valence-corrected chi connectivity index (χ2v) is 12.7. The number of rotatable bonds is 5. The van der Waals surface area contributed by atoms with Crippen molar-refractivity contribution in [2.45, 2.75) is 47.8 Å². The van der Waals surface area contributed by atoms with Crippen molar-refractivity contribution in [3.63, 3.8) is 0 Å². The summed E-state index contributed by atoms with van der Waals surface area (Å²) in [7, 11) is 0. The van der Waals surface area contributed by atoms with E-state index in [0.29, 0.717) is 30.7 Å². The van der Waals surface area contributed by atoms with Gasteiger partial charge in [-0.05, 0) is 62.1 Å². The van der Waals surface area contributed by atoms with E-state index < -0.39 is 18.4 Å². The first-order chi connectivity index (χ1) is 16.2. The van der Waals surface area contributed by atoms with Gasteiger partial charge >= 0.3 is 5.97 Å². The molecule has 6 atom stereocenters. The van der Waals surface area contributed by atoms with Gasteiger partial charge in [0.25, 0.3) is 0 Å². The maximum Gasteiger partial charge on any atom is 0.309 e. The van der Waals surface area contributed by atoms with Crippen molar-refractivity contribution in [1.82, 2.24) is 4.90 Å². The third-order valence-electron chi connectivity index (χ3n) is 7.99. The van der Waals surface area contributed by atoms with Crippen molar-refractivity contribution >= 4 is 78.6 Å². The Morgan fingerprint density at radius 1 is 0.971 bits per heavy atom. The maximum absolute atomic E-state index is 13.2. The average Bonchev–Trinajstić information content (AvgIpc) is 3.42. The van der Waals surface area contributed by atoms with Crippen LogP contribution in [0.5, 0.6) is 0 Å². The number of hydrogen-bond donors (Lipinski definition) is 0. The lowest BCUT2D eigenvalue weighted by atomic mass is 9.81. The Hall–Kier alpha value is -0.960. The highest BCUT2D eigenvalue weighted by Crippen LogP contribution is 2.60. The zero-order valence-corrected chi connectivity index (χ0v) is 22.8. The lowest BCUT2D eigenvalue weighted by molar-refractivity contribution is -0.149. The van der Waals surface area contributed by atoms with Crippen molar-refractivity contribution in [1.29, 1.82) is 0 Å². The number of carbonyl (C=O) groups excluding carboxylic acids is 4. The Bertz CT molecular complexity index is 1030. The van der Waals surface area contributed by atoms with E-state index in [1.54, 1.807) is 6.07 Å². The molecule has 0 radical (unpaired) electrons. The Morgan fingerprint density at radius 3 is 2.12 bits per heavy atom. The molecule has 3 saturated carbocycles. The molecule has 1 aromatic rings. The number of carbonyl (C=O) groups is 4. The minimum absolute atomic E-state index is 0.0391. The predicted molar refractivity (Wildman–Crippen MR) is 133 cm³/mol. The molecule has 10 heteroatoms. The van der Waals surface area contributed by atoms with Gasteiger partial charge in [-0.15, -0.1) is 0 Å². The third kappa shape index (κ3) is 4.06. The fraction of sp³-hybridized carbons (Fsp3) is 0.583. The molecule has 4 fully saturated rings. The molecule has 2 bridgehead atoms. The van der Waals surface area contributed by atoms with E-state index in [1.807, 2.05) is 0 Å². The van der Waals surface area contributed by atoms with Crippen LogP contribution in [0, 0.1) is 29.6 Å². The third-order valence-corrected chi connectivity index (χ3v) is 11.7. The molecule has 1 saturated heterocycles. The summed E-state index contributed by atoms with van der Waals surface area (Å²) < 4.78 is 5.27. The van der Waals surface area contributed by atoms with Gasteiger partial charge < -0.3 is 4.74 Å². The molecule has 1 aliphatic heterocycles. The second kappa shape index (κ2) is 9.49. The first-order valence-electron chi connectivity index (χ1n) is 11.5. The zero-order valence-electron chi connectivity index (χ0n) is 18.1. The van der Waals surface area contributed by atoms with Gasteiger partial charge in [0.15, 0.2) is 6.61 Å². The molecule has 182 valence electrons. The zero-order chi connectivity index (χ0) is 24.3. The summed E-state index contributed by atoms with van der Waals surface area (Å²) in [4.78, 5) is 53.3. The van der Waals surface area contributed by atoms with E-state index in [0.717, 1.165) is 6.42 Å². The highest BCUT2D eigenvalue weighted by molar-refractivity contribution is 9.12. The van der Waals surface area contributed by atoms with Gasteiger partial charge in [0.1, 0.15) is 0 Å². The standard InChI is InChI=1S/C24H23Br2Cl2NO5/c25-20-14-8-15(21(20)26)19-18(14)22(31)29(23(19)32)12-4-1-10(2-5-12)24(33)34-9-17(30)13-6-3-11(27)7-16(13)28/h3,6-7,10,12,14-15,18-21H,1-2,4-5,8-9H2/t10?,12?,14-,15-,18-,19+,20+,21+/m1/s1. The lowest BCUT2D eigenvalue weighted by Gasteiger charge is -2.33. The largest absolute Gasteiger partial charge is 0.457 e. The first-order valence-corrected chi connectivity index (χ1v) is 14.1. The number of hydrogen-bond acceptors (Lipinski definition) is 5. The smallest absolute Gasteiger partial charge is 0.309 e. The second-order valence-electron chi connectivity index (χ2n) is 9.71. The minimum Gasteiger partial charge on any atom is -0.457 e. The molecule has 3 aliphatic carbocycles. The number of alkyl halides is 2.